The molecule has 0 unspecified atom stereocenters. The lowest BCUT2D eigenvalue weighted by Gasteiger charge is -2.21. The Morgan fingerprint density at radius 2 is 1.78 bits per heavy atom. The zero-order valence-electron chi connectivity index (χ0n) is 12.0. The van der Waals surface area contributed by atoms with Gasteiger partial charge in [0.1, 0.15) is 5.60 Å². The van der Waals surface area contributed by atoms with Gasteiger partial charge in [-0.15, -0.1) is 0 Å². The van der Waals surface area contributed by atoms with Crippen LogP contribution in [-0.4, -0.2) is 22.6 Å². The van der Waals surface area contributed by atoms with Gasteiger partial charge in [0.25, 0.3) is 0 Å². The second-order valence-corrected chi connectivity index (χ2v) is 5.68. The molecule has 0 aromatic heterocycles. The number of carbonyl (C=O) groups is 2. The largest absolute Gasteiger partial charge is 0.481 e. The van der Waals surface area contributed by atoms with Gasteiger partial charge in [0.15, 0.2) is 0 Å². The summed E-state index contributed by atoms with van der Waals surface area (Å²) >= 11 is 0. The first kappa shape index (κ1) is 16.9. The predicted octanol–water partition coefficient (Wildman–Crippen LogP) is 3.39. The number of ether oxygens (including phenoxy) is 1. The van der Waals surface area contributed by atoms with Crippen molar-refractivity contribution in [2.24, 2.45) is 5.92 Å². The first-order chi connectivity index (χ1) is 8.26. The standard InChI is InChI=1S/C14H26O4/c1-5-6-7-8-9-11(13(16)17)10-12(15)18-14(2,3)4/h11H,5-10H2,1-4H3,(H,16,17)/t11-/m0/s1. The predicted molar refractivity (Wildman–Crippen MR) is 70.3 cm³/mol. The van der Waals surface area contributed by atoms with Crippen molar-refractivity contribution in [3.63, 3.8) is 0 Å². The highest BCUT2D eigenvalue weighted by Gasteiger charge is 2.24. The highest BCUT2D eigenvalue weighted by Crippen LogP contribution is 2.18. The molecule has 0 bridgehead atoms. The van der Waals surface area contributed by atoms with Gasteiger partial charge in [0.05, 0.1) is 12.3 Å². The third-order valence-corrected chi connectivity index (χ3v) is 2.59. The second-order valence-electron chi connectivity index (χ2n) is 5.68. The number of carbonyl (C=O) groups excluding carboxylic acids is 1. The molecular weight excluding hydrogens is 232 g/mol. The van der Waals surface area contributed by atoms with Crippen molar-refractivity contribution < 1.29 is 19.4 Å². The maximum Gasteiger partial charge on any atom is 0.307 e. The van der Waals surface area contributed by atoms with Crippen LogP contribution >= 0.6 is 0 Å². The number of carboxylic acid groups (broad SMARTS) is 1. The number of hydrogen-bond acceptors (Lipinski definition) is 3. The van der Waals surface area contributed by atoms with Crippen molar-refractivity contribution in [2.75, 3.05) is 0 Å². The molecular formula is C14H26O4. The minimum atomic E-state index is -0.905. The fourth-order valence-corrected chi connectivity index (χ4v) is 1.71. The molecule has 0 aliphatic heterocycles. The van der Waals surface area contributed by atoms with E-state index in [0.29, 0.717) is 6.42 Å². The molecule has 0 spiro atoms. The summed E-state index contributed by atoms with van der Waals surface area (Å²) in [5.41, 5.74) is -0.553. The second kappa shape index (κ2) is 8.11. The molecule has 4 heteroatoms. The van der Waals surface area contributed by atoms with Crippen LogP contribution < -0.4 is 0 Å². The number of carboxylic acids is 1. The first-order valence-electron chi connectivity index (χ1n) is 6.71. The number of rotatable bonds is 8. The van der Waals surface area contributed by atoms with Crippen LogP contribution in [0.3, 0.4) is 0 Å². The van der Waals surface area contributed by atoms with Gasteiger partial charge < -0.3 is 9.84 Å². The van der Waals surface area contributed by atoms with Gasteiger partial charge in [-0.1, -0.05) is 32.6 Å². The molecule has 0 saturated carbocycles. The van der Waals surface area contributed by atoms with E-state index < -0.39 is 23.5 Å². The fraction of sp³-hybridized carbons (Fsp3) is 0.857. The Kier molecular flexibility index (Phi) is 7.64. The lowest BCUT2D eigenvalue weighted by Crippen LogP contribution is -2.27. The summed E-state index contributed by atoms with van der Waals surface area (Å²) < 4.78 is 5.14. The van der Waals surface area contributed by atoms with Gasteiger partial charge >= 0.3 is 11.9 Å². The molecule has 0 aromatic carbocycles. The molecule has 0 aliphatic carbocycles. The Bertz CT molecular complexity index is 265. The van der Waals surface area contributed by atoms with Crippen molar-refractivity contribution in [1.29, 1.82) is 0 Å². The van der Waals surface area contributed by atoms with E-state index in [1.165, 1.54) is 0 Å². The quantitative estimate of drug-likeness (QED) is 0.535. The maximum absolute atomic E-state index is 11.6. The molecule has 4 nitrogen and oxygen atoms in total. The molecule has 0 aromatic rings. The number of unbranched alkanes of at least 4 members (excludes halogenated alkanes) is 3. The van der Waals surface area contributed by atoms with E-state index in [1.54, 1.807) is 20.8 Å². The molecule has 0 radical (unpaired) electrons. The third kappa shape index (κ3) is 9.02. The van der Waals surface area contributed by atoms with Crippen LogP contribution in [-0.2, 0) is 14.3 Å². The van der Waals surface area contributed by atoms with Gasteiger partial charge in [0.2, 0.25) is 0 Å². The summed E-state index contributed by atoms with van der Waals surface area (Å²) in [4.78, 5) is 22.6. The van der Waals surface area contributed by atoms with Crippen molar-refractivity contribution in [3.05, 3.63) is 0 Å². The smallest absolute Gasteiger partial charge is 0.307 e. The molecule has 18 heavy (non-hydrogen) atoms. The summed E-state index contributed by atoms with van der Waals surface area (Å²) in [6, 6.07) is 0. The highest BCUT2D eigenvalue weighted by atomic mass is 16.6. The zero-order valence-corrected chi connectivity index (χ0v) is 12.0. The zero-order chi connectivity index (χ0) is 14.2. The average Bonchev–Trinajstić information content (AvgIpc) is 2.19. The first-order valence-corrected chi connectivity index (χ1v) is 6.71. The van der Waals surface area contributed by atoms with Gasteiger partial charge in [-0.05, 0) is 27.2 Å². The summed E-state index contributed by atoms with van der Waals surface area (Å²) in [6.45, 7) is 7.45. The Balaban J connectivity index is 4.11. The summed E-state index contributed by atoms with van der Waals surface area (Å²) in [7, 11) is 0. The van der Waals surface area contributed by atoms with Gasteiger partial charge in [-0.3, -0.25) is 9.59 Å². The molecule has 0 fully saturated rings. The van der Waals surface area contributed by atoms with Crippen LogP contribution in [0.15, 0.2) is 0 Å². The van der Waals surface area contributed by atoms with E-state index in [4.69, 9.17) is 9.84 Å². The average molecular weight is 258 g/mol. The minimum absolute atomic E-state index is 0.0290. The fourth-order valence-electron chi connectivity index (χ4n) is 1.71. The summed E-state index contributed by atoms with van der Waals surface area (Å²) in [6.07, 6.45) is 4.62. The molecule has 106 valence electrons. The molecule has 0 rings (SSSR count). The van der Waals surface area contributed by atoms with Gasteiger partial charge in [-0.25, -0.2) is 0 Å². The molecule has 1 N–H and O–H groups in total. The van der Waals surface area contributed by atoms with Crippen molar-refractivity contribution in [1.82, 2.24) is 0 Å². The van der Waals surface area contributed by atoms with E-state index in [0.717, 1.165) is 25.7 Å². The van der Waals surface area contributed by atoms with Crippen LogP contribution in [0.25, 0.3) is 0 Å². The van der Waals surface area contributed by atoms with E-state index in [-0.39, 0.29) is 6.42 Å². The van der Waals surface area contributed by atoms with Crippen molar-refractivity contribution >= 4 is 11.9 Å². The maximum atomic E-state index is 11.6. The Labute approximate surface area is 110 Å². The van der Waals surface area contributed by atoms with Crippen LogP contribution in [0.2, 0.25) is 0 Å². The van der Waals surface area contributed by atoms with Crippen LogP contribution in [0.5, 0.6) is 0 Å². The summed E-state index contributed by atoms with van der Waals surface area (Å²) in [5, 5.41) is 9.07. The molecule has 0 heterocycles. The SMILES string of the molecule is CCCCCC[C@@H](CC(=O)OC(C)(C)C)C(=O)O. The molecule has 0 aliphatic rings. The number of hydrogen-bond donors (Lipinski definition) is 1. The molecule has 1 atom stereocenters. The lowest BCUT2D eigenvalue weighted by atomic mass is 9.97. The monoisotopic (exact) mass is 258 g/mol. The highest BCUT2D eigenvalue weighted by molar-refractivity contribution is 5.78. The third-order valence-electron chi connectivity index (χ3n) is 2.59. The van der Waals surface area contributed by atoms with Crippen LogP contribution in [0.4, 0.5) is 0 Å². The Morgan fingerprint density at radius 1 is 1.17 bits per heavy atom. The Hall–Kier alpha value is -1.06. The lowest BCUT2D eigenvalue weighted by molar-refractivity contribution is -0.160. The Morgan fingerprint density at radius 3 is 2.22 bits per heavy atom. The van der Waals surface area contributed by atoms with Crippen LogP contribution in [0, 0.1) is 5.92 Å². The van der Waals surface area contributed by atoms with Gasteiger partial charge in [0, 0.05) is 0 Å². The van der Waals surface area contributed by atoms with E-state index >= 15 is 0 Å². The molecule has 0 saturated heterocycles. The molecule has 0 amide bonds. The van der Waals surface area contributed by atoms with Crippen molar-refractivity contribution in [3.8, 4) is 0 Å². The number of aliphatic carboxylic acids is 1. The van der Waals surface area contributed by atoms with E-state index in [2.05, 4.69) is 6.92 Å². The van der Waals surface area contributed by atoms with Crippen LogP contribution in [0.1, 0.15) is 66.2 Å². The van der Waals surface area contributed by atoms with E-state index in [1.807, 2.05) is 0 Å². The van der Waals surface area contributed by atoms with Crippen molar-refractivity contribution in [2.45, 2.75) is 71.8 Å². The number of esters is 1. The van der Waals surface area contributed by atoms with Gasteiger partial charge in [-0.2, -0.15) is 0 Å². The summed E-state index contributed by atoms with van der Waals surface area (Å²) in [5.74, 6) is -1.94. The normalized spacial score (nSPS) is 13.1. The topological polar surface area (TPSA) is 63.6 Å². The van der Waals surface area contributed by atoms with E-state index in [9.17, 15) is 9.59 Å². The minimum Gasteiger partial charge on any atom is -0.481 e.